The molecule has 1 aliphatic carbocycles. The van der Waals surface area contributed by atoms with Crippen molar-refractivity contribution in [2.75, 3.05) is 41.3 Å². The van der Waals surface area contributed by atoms with Crippen LogP contribution in [0.1, 0.15) is 39.2 Å². The van der Waals surface area contributed by atoms with Gasteiger partial charge in [-0.1, -0.05) is 0 Å². The van der Waals surface area contributed by atoms with Gasteiger partial charge in [0.2, 0.25) is 5.95 Å². The third-order valence-electron chi connectivity index (χ3n) is 7.44. The maximum atomic E-state index is 14.0. The molecule has 3 fully saturated rings. The van der Waals surface area contributed by atoms with Gasteiger partial charge in [-0.05, 0) is 39.2 Å². The molecule has 0 bridgehead atoms. The van der Waals surface area contributed by atoms with Crippen molar-refractivity contribution in [3.63, 3.8) is 0 Å². The highest BCUT2D eigenvalue weighted by Crippen LogP contribution is 2.50. The molecule has 3 N–H and O–H groups in total. The average molecular weight is 483 g/mol. The van der Waals surface area contributed by atoms with Gasteiger partial charge in [-0.3, -0.25) is 4.68 Å². The molecule has 2 saturated heterocycles. The fraction of sp³-hybridized carbons (Fsp3) is 0.583. The first-order chi connectivity index (χ1) is 16.8. The molecule has 10 nitrogen and oxygen atoms in total. The van der Waals surface area contributed by atoms with Crippen molar-refractivity contribution in [1.29, 1.82) is 0 Å². The van der Waals surface area contributed by atoms with E-state index in [-0.39, 0.29) is 24.1 Å². The SMILES string of the molecule is CC(C)n1nc(N2CC3(CC(O)C3)C2)c2cnc(Nc3ccnc(N4CCC(O)C(F)C4)n3)cc21. The van der Waals surface area contributed by atoms with Crippen LogP contribution in [0.15, 0.2) is 24.5 Å². The second kappa shape index (κ2) is 8.27. The van der Waals surface area contributed by atoms with Gasteiger partial charge in [0.1, 0.15) is 17.8 Å². The van der Waals surface area contributed by atoms with E-state index in [1.807, 2.05) is 16.9 Å². The molecule has 0 radical (unpaired) electrons. The Hall–Kier alpha value is -3.05. The summed E-state index contributed by atoms with van der Waals surface area (Å²) in [4.78, 5) is 17.5. The summed E-state index contributed by atoms with van der Waals surface area (Å²) >= 11 is 0. The molecule has 3 aliphatic rings. The van der Waals surface area contributed by atoms with Crippen molar-refractivity contribution >= 4 is 34.3 Å². The Balaban J connectivity index is 1.23. The molecule has 2 unspecified atom stereocenters. The number of nitrogens with one attached hydrogen (secondary N) is 1. The van der Waals surface area contributed by atoms with Crippen molar-refractivity contribution in [3.05, 3.63) is 24.5 Å². The van der Waals surface area contributed by atoms with E-state index in [0.717, 1.165) is 42.7 Å². The molecule has 3 aromatic rings. The Morgan fingerprint density at radius 3 is 2.66 bits per heavy atom. The lowest BCUT2D eigenvalue weighted by Gasteiger charge is -2.58. The Bertz CT molecular complexity index is 1240. The minimum atomic E-state index is -1.31. The van der Waals surface area contributed by atoms with E-state index >= 15 is 0 Å². The highest BCUT2D eigenvalue weighted by Gasteiger charge is 2.52. The summed E-state index contributed by atoms with van der Waals surface area (Å²) in [7, 11) is 0. The second-order valence-electron chi connectivity index (χ2n) is 10.6. The van der Waals surface area contributed by atoms with Crippen LogP contribution in [0, 0.1) is 5.41 Å². The number of fused-ring (bicyclic) bond motifs is 1. The molecular formula is C24H31FN8O2. The summed E-state index contributed by atoms with van der Waals surface area (Å²) in [5, 5.41) is 28.6. The number of hydrogen-bond donors (Lipinski definition) is 3. The Labute approximate surface area is 202 Å². The molecule has 1 saturated carbocycles. The zero-order chi connectivity index (χ0) is 24.3. The predicted molar refractivity (Wildman–Crippen MR) is 131 cm³/mol. The topological polar surface area (TPSA) is 115 Å². The first-order valence-corrected chi connectivity index (χ1v) is 12.3. The van der Waals surface area contributed by atoms with Crippen molar-refractivity contribution < 1.29 is 14.6 Å². The van der Waals surface area contributed by atoms with Gasteiger partial charge in [-0.25, -0.2) is 14.4 Å². The van der Waals surface area contributed by atoms with Gasteiger partial charge in [0.15, 0.2) is 5.82 Å². The summed E-state index contributed by atoms with van der Waals surface area (Å²) < 4.78 is 16.0. The number of anilines is 4. The van der Waals surface area contributed by atoms with E-state index in [1.165, 1.54) is 0 Å². The number of pyridine rings is 1. The molecule has 2 aliphatic heterocycles. The number of hydrogen-bond acceptors (Lipinski definition) is 9. The Morgan fingerprint density at radius 1 is 1.14 bits per heavy atom. The number of aliphatic hydroxyl groups excluding tert-OH is 2. The highest BCUT2D eigenvalue weighted by atomic mass is 19.1. The molecule has 35 heavy (non-hydrogen) atoms. The van der Waals surface area contributed by atoms with Crippen LogP contribution in [0.3, 0.4) is 0 Å². The maximum absolute atomic E-state index is 14.0. The number of aromatic nitrogens is 5. The Morgan fingerprint density at radius 2 is 1.94 bits per heavy atom. The number of alkyl halides is 1. The average Bonchev–Trinajstić information content (AvgIpc) is 3.16. The largest absolute Gasteiger partial charge is 0.393 e. The van der Waals surface area contributed by atoms with E-state index in [0.29, 0.717) is 30.5 Å². The minimum Gasteiger partial charge on any atom is -0.393 e. The molecular weight excluding hydrogens is 451 g/mol. The van der Waals surface area contributed by atoms with Crippen molar-refractivity contribution in [1.82, 2.24) is 24.7 Å². The van der Waals surface area contributed by atoms with Crippen LogP contribution in [-0.4, -0.2) is 79.5 Å². The lowest BCUT2D eigenvalue weighted by Crippen LogP contribution is -2.64. The van der Waals surface area contributed by atoms with E-state index < -0.39 is 12.3 Å². The quantitative estimate of drug-likeness (QED) is 0.504. The van der Waals surface area contributed by atoms with Gasteiger partial charge in [0, 0.05) is 49.6 Å². The molecule has 1 spiro atoms. The number of rotatable bonds is 5. The van der Waals surface area contributed by atoms with Gasteiger partial charge in [0.25, 0.3) is 0 Å². The monoisotopic (exact) mass is 482 g/mol. The summed E-state index contributed by atoms with van der Waals surface area (Å²) in [6.45, 7) is 6.63. The van der Waals surface area contributed by atoms with Crippen LogP contribution < -0.4 is 15.1 Å². The third kappa shape index (κ3) is 3.96. The van der Waals surface area contributed by atoms with Crippen molar-refractivity contribution in [3.8, 4) is 0 Å². The molecule has 0 amide bonds. The van der Waals surface area contributed by atoms with Crippen LogP contribution in [-0.2, 0) is 0 Å². The van der Waals surface area contributed by atoms with Gasteiger partial charge in [-0.15, -0.1) is 0 Å². The molecule has 0 aromatic carbocycles. The number of piperidine rings is 1. The molecule has 2 atom stereocenters. The smallest absolute Gasteiger partial charge is 0.227 e. The molecule has 3 aromatic heterocycles. The van der Waals surface area contributed by atoms with Crippen LogP contribution in [0.5, 0.6) is 0 Å². The molecule has 186 valence electrons. The lowest BCUT2D eigenvalue weighted by atomic mass is 9.62. The standard InChI is InChI=1S/C24H31FN8O2/c1-14(2)33-18-7-21(27-10-16(18)22(30-33)32-12-24(13-32)8-15(34)9-24)28-20-3-5-26-23(29-20)31-6-4-19(35)17(25)11-31/h3,5,7,10,14-15,17,19,34-35H,4,6,8-9,11-13H2,1-2H3,(H,26,27,28,29). The summed E-state index contributed by atoms with van der Waals surface area (Å²) in [5.74, 6) is 2.56. The maximum Gasteiger partial charge on any atom is 0.227 e. The molecule has 5 heterocycles. The van der Waals surface area contributed by atoms with Crippen molar-refractivity contribution in [2.24, 2.45) is 5.41 Å². The lowest BCUT2D eigenvalue weighted by molar-refractivity contribution is -0.0493. The Kier molecular flexibility index (Phi) is 5.29. The van der Waals surface area contributed by atoms with Gasteiger partial charge >= 0.3 is 0 Å². The molecule has 11 heteroatoms. The van der Waals surface area contributed by atoms with Crippen LogP contribution in [0.2, 0.25) is 0 Å². The summed E-state index contributed by atoms with van der Waals surface area (Å²) in [6, 6.07) is 3.90. The summed E-state index contributed by atoms with van der Waals surface area (Å²) in [5.41, 5.74) is 1.24. The van der Waals surface area contributed by atoms with E-state index in [2.05, 4.69) is 39.0 Å². The highest BCUT2D eigenvalue weighted by molar-refractivity contribution is 5.92. The third-order valence-corrected chi connectivity index (χ3v) is 7.44. The van der Waals surface area contributed by atoms with E-state index in [9.17, 15) is 14.6 Å². The van der Waals surface area contributed by atoms with Crippen LogP contribution in [0.4, 0.5) is 27.8 Å². The van der Waals surface area contributed by atoms with Gasteiger partial charge in [0.05, 0.1) is 29.7 Å². The zero-order valence-corrected chi connectivity index (χ0v) is 20.0. The van der Waals surface area contributed by atoms with Crippen LogP contribution in [0.25, 0.3) is 10.9 Å². The first-order valence-electron chi connectivity index (χ1n) is 12.3. The molecule has 6 rings (SSSR count). The van der Waals surface area contributed by atoms with Gasteiger partial charge < -0.3 is 25.3 Å². The minimum absolute atomic E-state index is 0.0714. The zero-order valence-electron chi connectivity index (χ0n) is 20.0. The predicted octanol–water partition coefficient (Wildman–Crippen LogP) is 2.42. The first kappa shape index (κ1) is 22.4. The van der Waals surface area contributed by atoms with Crippen molar-refractivity contribution in [2.45, 2.75) is 57.5 Å². The van der Waals surface area contributed by atoms with E-state index in [1.54, 1.807) is 17.2 Å². The fourth-order valence-electron chi connectivity index (χ4n) is 5.60. The summed E-state index contributed by atoms with van der Waals surface area (Å²) in [6.07, 6.45) is 3.19. The second-order valence-corrected chi connectivity index (χ2v) is 10.6. The van der Waals surface area contributed by atoms with Gasteiger partial charge in [-0.2, -0.15) is 10.1 Å². The number of nitrogens with zero attached hydrogens (tertiary/aromatic N) is 7. The number of aliphatic hydroxyl groups is 2. The fourth-order valence-corrected chi connectivity index (χ4v) is 5.60. The van der Waals surface area contributed by atoms with Crippen LogP contribution >= 0.6 is 0 Å². The number of halogens is 1. The normalized spacial score (nSPS) is 24.2. The van der Waals surface area contributed by atoms with E-state index in [4.69, 9.17) is 5.10 Å².